The Labute approximate surface area is 111 Å². The highest BCUT2D eigenvalue weighted by Crippen LogP contribution is 2.20. The zero-order valence-electron chi connectivity index (χ0n) is 11.0. The Morgan fingerprint density at radius 3 is 2.79 bits per heavy atom. The van der Waals surface area contributed by atoms with Gasteiger partial charge in [0.1, 0.15) is 11.5 Å². The Morgan fingerprint density at radius 1 is 1.53 bits per heavy atom. The average molecular weight is 264 g/mol. The van der Waals surface area contributed by atoms with Gasteiger partial charge in [-0.1, -0.05) is 0 Å². The highest BCUT2D eigenvalue weighted by atomic mass is 16.6. The molecule has 0 N–H and O–H groups in total. The molecular formula is C12H16N4O3. The van der Waals surface area contributed by atoms with Crippen LogP contribution in [0.4, 0.5) is 11.5 Å². The molecule has 19 heavy (non-hydrogen) atoms. The van der Waals surface area contributed by atoms with E-state index < -0.39 is 4.92 Å². The molecule has 7 heteroatoms. The topological polar surface area (TPSA) is 92.3 Å². The molecule has 0 fully saturated rings. The summed E-state index contributed by atoms with van der Waals surface area (Å²) in [7, 11) is 1.59. The fourth-order valence-corrected chi connectivity index (χ4v) is 1.64. The molecule has 0 radical (unpaired) electrons. The third-order valence-corrected chi connectivity index (χ3v) is 2.62. The SMILES string of the molecule is COCCN(CCC#N)c1ccc([N+](=O)[O-])c(C)n1. The lowest BCUT2D eigenvalue weighted by molar-refractivity contribution is -0.385. The molecule has 0 aliphatic rings. The molecule has 0 saturated carbocycles. The zero-order chi connectivity index (χ0) is 14.3. The van der Waals surface area contributed by atoms with Crippen molar-refractivity contribution in [3.63, 3.8) is 0 Å². The first-order chi connectivity index (χ1) is 9.10. The maximum absolute atomic E-state index is 10.7. The number of nitriles is 1. The van der Waals surface area contributed by atoms with Crippen LogP contribution in [0, 0.1) is 28.4 Å². The minimum absolute atomic E-state index is 0.00396. The predicted octanol–water partition coefficient (Wildman–Crippen LogP) is 1.66. The van der Waals surface area contributed by atoms with E-state index in [0.717, 1.165) is 0 Å². The Bertz CT molecular complexity index is 484. The lowest BCUT2D eigenvalue weighted by atomic mass is 10.3. The number of nitrogens with zero attached hydrogens (tertiary/aromatic N) is 4. The van der Waals surface area contributed by atoms with Gasteiger partial charge in [0.25, 0.3) is 5.69 Å². The molecule has 0 unspecified atom stereocenters. The number of hydrogen-bond donors (Lipinski definition) is 0. The molecule has 7 nitrogen and oxygen atoms in total. The largest absolute Gasteiger partial charge is 0.383 e. The van der Waals surface area contributed by atoms with Crippen LogP contribution in [0.1, 0.15) is 12.1 Å². The van der Waals surface area contributed by atoms with Crippen molar-refractivity contribution in [1.82, 2.24) is 4.98 Å². The average Bonchev–Trinajstić information content (AvgIpc) is 2.38. The van der Waals surface area contributed by atoms with E-state index in [1.54, 1.807) is 20.1 Å². The normalized spacial score (nSPS) is 9.95. The van der Waals surface area contributed by atoms with Crippen LogP contribution in [0.2, 0.25) is 0 Å². The van der Waals surface area contributed by atoms with Gasteiger partial charge in [-0.2, -0.15) is 5.26 Å². The second kappa shape index (κ2) is 7.28. The molecule has 0 spiro atoms. The summed E-state index contributed by atoms with van der Waals surface area (Å²) in [5, 5.41) is 19.4. The minimum Gasteiger partial charge on any atom is -0.383 e. The monoisotopic (exact) mass is 264 g/mol. The fourth-order valence-electron chi connectivity index (χ4n) is 1.64. The van der Waals surface area contributed by atoms with Crippen LogP contribution in [-0.2, 0) is 4.74 Å². The first kappa shape index (κ1) is 14.9. The maximum Gasteiger partial charge on any atom is 0.290 e. The predicted molar refractivity (Wildman–Crippen MR) is 69.9 cm³/mol. The number of anilines is 1. The number of methoxy groups -OCH3 is 1. The van der Waals surface area contributed by atoms with E-state index in [4.69, 9.17) is 10.00 Å². The second-order valence-corrected chi connectivity index (χ2v) is 3.92. The van der Waals surface area contributed by atoms with Gasteiger partial charge < -0.3 is 9.64 Å². The van der Waals surface area contributed by atoms with Crippen LogP contribution < -0.4 is 4.90 Å². The van der Waals surface area contributed by atoms with Crippen molar-refractivity contribution < 1.29 is 9.66 Å². The number of aryl methyl sites for hydroxylation is 1. The smallest absolute Gasteiger partial charge is 0.290 e. The summed E-state index contributed by atoms with van der Waals surface area (Å²) < 4.78 is 5.01. The van der Waals surface area contributed by atoms with E-state index in [1.807, 2.05) is 4.90 Å². The van der Waals surface area contributed by atoms with Crippen LogP contribution in [0.25, 0.3) is 0 Å². The maximum atomic E-state index is 10.7. The van der Waals surface area contributed by atoms with E-state index in [-0.39, 0.29) is 5.69 Å². The van der Waals surface area contributed by atoms with Crippen molar-refractivity contribution in [1.29, 1.82) is 5.26 Å². The van der Waals surface area contributed by atoms with Gasteiger partial charge in [-0.3, -0.25) is 10.1 Å². The number of pyridine rings is 1. The Morgan fingerprint density at radius 2 is 2.26 bits per heavy atom. The quantitative estimate of drug-likeness (QED) is 0.549. The van der Waals surface area contributed by atoms with Crippen molar-refractivity contribution in [2.24, 2.45) is 0 Å². The lowest BCUT2D eigenvalue weighted by Gasteiger charge is -2.22. The van der Waals surface area contributed by atoms with Crippen molar-refractivity contribution in [2.45, 2.75) is 13.3 Å². The van der Waals surface area contributed by atoms with Crippen molar-refractivity contribution in [3.05, 3.63) is 27.9 Å². The standard InChI is InChI=1S/C12H16N4O3/c1-10-11(16(17)18)4-5-12(14-10)15(7-3-6-13)8-9-19-2/h4-5H,3,7-9H2,1-2H3. The number of ether oxygens (including phenoxy) is 1. The summed E-state index contributed by atoms with van der Waals surface area (Å²) >= 11 is 0. The van der Waals surface area contributed by atoms with Gasteiger partial charge >= 0.3 is 0 Å². The van der Waals surface area contributed by atoms with Crippen LogP contribution in [0.15, 0.2) is 12.1 Å². The highest BCUT2D eigenvalue weighted by molar-refractivity contribution is 5.46. The molecule has 1 heterocycles. The second-order valence-electron chi connectivity index (χ2n) is 3.92. The van der Waals surface area contributed by atoms with Gasteiger partial charge in [-0.05, 0) is 13.0 Å². The zero-order valence-corrected chi connectivity index (χ0v) is 11.0. The first-order valence-electron chi connectivity index (χ1n) is 5.83. The third-order valence-electron chi connectivity index (χ3n) is 2.62. The Kier molecular flexibility index (Phi) is 5.70. The van der Waals surface area contributed by atoms with E-state index in [0.29, 0.717) is 37.6 Å². The van der Waals surface area contributed by atoms with Crippen molar-refractivity contribution >= 4 is 11.5 Å². The first-order valence-corrected chi connectivity index (χ1v) is 5.83. The van der Waals surface area contributed by atoms with Crippen LogP contribution in [0.3, 0.4) is 0 Å². The van der Waals surface area contributed by atoms with Gasteiger partial charge in [0.05, 0.1) is 24.0 Å². The molecule has 0 aliphatic carbocycles. The van der Waals surface area contributed by atoms with Gasteiger partial charge in [0.2, 0.25) is 0 Å². The van der Waals surface area contributed by atoms with E-state index >= 15 is 0 Å². The number of hydrogen-bond acceptors (Lipinski definition) is 6. The Hall–Kier alpha value is -2.20. The molecule has 1 aromatic rings. The highest BCUT2D eigenvalue weighted by Gasteiger charge is 2.15. The van der Waals surface area contributed by atoms with Crippen molar-refractivity contribution in [2.75, 3.05) is 31.7 Å². The van der Waals surface area contributed by atoms with Gasteiger partial charge in [-0.25, -0.2) is 4.98 Å². The Balaban J connectivity index is 2.92. The van der Waals surface area contributed by atoms with E-state index in [1.165, 1.54) is 6.07 Å². The molecule has 1 aromatic heterocycles. The summed E-state index contributed by atoms with van der Waals surface area (Å²) in [5.74, 6) is 0.621. The van der Waals surface area contributed by atoms with Gasteiger partial charge in [-0.15, -0.1) is 0 Å². The number of nitro groups is 1. The number of rotatable bonds is 7. The van der Waals surface area contributed by atoms with Crippen LogP contribution >= 0.6 is 0 Å². The van der Waals surface area contributed by atoms with Crippen LogP contribution in [0.5, 0.6) is 0 Å². The molecule has 0 aromatic carbocycles. The van der Waals surface area contributed by atoms with Gasteiger partial charge in [0.15, 0.2) is 0 Å². The molecule has 0 aliphatic heterocycles. The summed E-state index contributed by atoms with van der Waals surface area (Å²) in [6, 6.07) is 5.10. The van der Waals surface area contributed by atoms with Gasteiger partial charge in [0, 0.05) is 26.3 Å². The summed E-state index contributed by atoms with van der Waals surface area (Å²) in [4.78, 5) is 16.4. The molecule has 1 rings (SSSR count). The minimum atomic E-state index is -0.457. The summed E-state index contributed by atoms with van der Waals surface area (Å²) in [5.41, 5.74) is 0.359. The molecule has 0 amide bonds. The summed E-state index contributed by atoms with van der Waals surface area (Å²) in [6.07, 6.45) is 0.363. The molecule has 0 bridgehead atoms. The molecule has 0 saturated heterocycles. The molecule has 102 valence electrons. The van der Waals surface area contributed by atoms with Crippen molar-refractivity contribution in [3.8, 4) is 6.07 Å². The van der Waals surface area contributed by atoms with Crippen LogP contribution in [-0.4, -0.2) is 36.7 Å². The molecule has 0 atom stereocenters. The third kappa shape index (κ3) is 4.19. The number of aromatic nitrogens is 1. The fraction of sp³-hybridized carbons (Fsp3) is 0.500. The van der Waals surface area contributed by atoms with E-state index in [2.05, 4.69) is 11.1 Å². The molecular weight excluding hydrogens is 248 g/mol. The van der Waals surface area contributed by atoms with E-state index in [9.17, 15) is 10.1 Å². The summed E-state index contributed by atoms with van der Waals surface area (Å²) in [6.45, 7) is 3.20. The lowest BCUT2D eigenvalue weighted by Crippen LogP contribution is -2.29.